The molecule has 0 aliphatic carbocycles. The lowest BCUT2D eigenvalue weighted by atomic mass is 9.93. The van der Waals surface area contributed by atoms with E-state index in [1.165, 1.54) is 29.5 Å². The molecule has 126 valence electrons. The first-order valence-electron chi connectivity index (χ1n) is 6.59. The standard InChI is InChI=1S/C15H16F3N3S.BrH/c1-14(2,3)12-9-22-13(20-12)21-19-8-10-6-4-5-7-11(10)15(16,17)18;/h4-9H,1-3H3,(H,20,21);1H. The van der Waals surface area contributed by atoms with Crippen molar-refractivity contribution in [1.82, 2.24) is 4.98 Å². The van der Waals surface area contributed by atoms with Gasteiger partial charge in [-0.1, -0.05) is 39.0 Å². The Balaban J connectivity index is 0.00000264. The van der Waals surface area contributed by atoms with Crippen LogP contribution in [0.25, 0.3) is 0 Å². The molecule has 0 unspecified atom stereocenters. The quantitative estimate of drug-likeness (QED) is 0.539. The van der Waals surface area contributed by atoms with Crippen LogP contribution in [0.15, 0.2) is 34.7 Å². The monoisotopic (exact) mass is 407 g/mol. The maximum absolute atomic E-state index is 12.8. The van der Waals surface area contributed by atoms with E-state index < -0.39 is 11.7 Å². The summed E-state index contributed by atoms with van der Waals surface area (Å²) in [7, 11) is 0. The Kier molecular flexibility index (Phi) is 6.35. The van der Waals surface area contributed by atoms with Crippen LogP contribution in [0.5, 0.6) is 0 Å². The first-order chi connectivity index (χ1) is 10.2. The van der Waals surface area contributed by atoms with Crippen LogP contribution in [0.1, 0.15) is 37.6 Å². The van der Waals surface area contributed by atoms with Gasteiger partial charge in [0.25, 0.3) is 0 Å². The number of hydrogen-bond acceptors (Lipinski definition) is 4. The number of nitrogens with one attached hydrogen (secondary N) is 1. The maximum Gasteiger partial charge on any atom is 0.417 e. The fourth-order valence-corrected chi connectivity index (χ4v) is 2.58. The minimum absolute atomic E-state index is 0. The van der Waals surface area contributed by atoms with E-state index in [4.69, 9.17) is 0 Å². The number of alkyl halides is 3. The molecule has 0 fully saturated rings. The zero-order valence-electron chi connectivity index (χ0n) is 12.8. The number of hydrogen-bond donors (Lipinski definition) is 1. The molecule has 0 radical (unpaired) electrons. The molecule has 0 saturated heterocycles. The highest BCUT2D eigenvalue weighted by Gasteiger charge is 2.32. The topological polar surface area (TPSA) is 37.3 Å². The minimum atomic E-state index is -4.40. The fourth-order valence-electron chi connectivity index (χ4n) is 1.69. The third kappa shape index (κ3) is 5.31. The van der Waals surface area contributed by atoms with Crippen molar-refractivity contribution in [1.29, 1.82) is 0 Å². The summed E-state index contributed by atoms with van der Waals surface area (Å²) in [5.74, 6) is 0. The predicted molar refractivity (Wildman–Crippen MR) is 93.8 cm³/mol. The van der Waals surface area contributed by atoms with Gasteiger partial charge in [0.15, 0.2) is 0 Å². The van der Waals surface area contributed by atoms with E-state index >= 15 is 0 Å². The molecular formula is C15H17BrF3N3S. The lowest BCUT2D eigenvalue weighted by molar-refractivity contribution is -0.137. The van der Waals surface area contributed by atoms with Gasteiger partial charge >= 0.3 is 6.18 Å². The van der Waals surface area contributed by atoms with Crippen molar-refractivity contribution in [3.8, 4) is 0 Å². The van der Waals surface area contributed by atoms with E-state index in [1.807, 2.05) is 26.2 Å². The molecule has 0 aliphatic heterocycles. The van der Waals surface area contributed by atoms with Crippen LogP contribution in [0.4, 0.5) is 18.3 Å². The summed E-state index contributed by atoms with van der Waals surface area (Å²) in [5, 5.41) is 6.31. The molecule has 3 nitrogen and oxygen atoms in total. The Hall–Kier alpha value is -1.41. The Morgan fingerprint density at radius 1 is 1.17 bits per heavy atom. The molecule has 0 bridgehead atoms. The molecule has 1 heterocycles. The van der Waals surface area contributed by atoms with Gasteiger partial charge in [0, 0.05) is 16.4 Å². The van der Waals surface area contributed by atoms with Crippen molar-refractivity contribution in [3.05, 3.63) is 46.5 Å². The fraction of sp³-hybridized carbons (Fsp3) is 0.333. The summed E-state index contributed by atoms with van der Waals surface area (Å²) in [5.41, 5.74) is 2.80. The third-order valence-corrected chi connectivity index (χ3v) is 3.65. The maximum atomic E-state index is 12.8. The van der Waals surface area contributed by atoms with E-state index in [0.717, 1.165) is 18.0 Å². The molecule has 0 aliphatic rings. The van der Waals surface area contributed by atoms with Gasteiger partial charge in [-0.25, -0.2) is 4.98 Å². The van der Waals surface area contributed by atoms with Crippen LogP contribution >= 0.6 is 28.3 Å². The normalized spacial score (nSPS) is 12.3. The summed E-state index contributed by atoms with van der Waals surface area (Å²) in [6.45, 7) is 6.11. The second kappa shape index (κ2) is 7.44. The number of hydrazone groups is 1. The summed E-state index contributed by atoms with van der Waals surface area (Å²) in [4.78, 5) is 4.36. The number of aromatic nitrogens is 1. The number of benzene rings is 1. The van der Waals surface area contributed by atoms with E-state index in [2.05, 4.69) is 15.5 Å². The van der Waals surface area contributed by atoms with Gasteiger partial charge in [-0.3, -0.25) is 5.43 Å². The minimum Gasteiger partial charge on any atom is -0.253 e. The van der Waals surface area contributed by atoms with Crippen molar-refractivity contribution in [2.45, 2.75) is 32.4 Å². The third-order valence-electron chi connectivity index (χ3n) is 2.90. The highest BCUT2D eigenvalue weighted by atomic mass is 79.9. The average molecular weight is 408 g/mol. The van der Waals surface area contributed by atoms with E-state index in [-0.39, 0.29) is 28.0 Å². The second-order valence-corrected chi connectivity index (χ2v) is 6.60. The number of thiazole rings is 1. The van der Waals surface area contributed by atoms with Gasteiger partial charge < -0.3 is 0 Å². The SMILES string of the molecule is Br.CC(C)(C)c1csc(NN=Cc2ccccc2C(F)(F)F)n1. The number of anilines is 1. The van der Waals surface area contributed by atoms with Crippen molar-refractivity contribution in [2.75, 3.05) is 5.43 Å². The first kappa shape index (κ1) is 19.6. The van der Waals surface area contributed by atoms with Gasteiger partial charge in [-0.15, -0.1) is 28.3 Å². The highest BCUT2D eigenvalue weighted by molar-refractivity contribution is 8.93. The van der Waals surface area contributed by atoms with Crippen LogP contribution in [0.3, 0.4) is 0 Å². The van der Waals surface area contributed by atoms with E-state index in [1.54, 1.807) is 0 Å². The Bertz CT molecular complexity index is 675. The summed E-state index contributed by atoms with van der Waals surface area (Å²) in [6, 6.07) is 5.29. The average Bonchev–Trinajstić information content (AvgIpc) is 2.87. The van der Waals surface area contributed by atoms with Crippen molar-refractivity contribution >= 4 is 39.7 Å². The van der Waals surface area contributed by atoms with Crippen LogP contribution in [0, 0.1) is 0 Å². The predicted octanol–water partition coefficient (Wildman–Crippen LogP) is 5.48. The zero-order chi connectivity index (χ0) is 16.4. The smallest absolute Gasteiger partial charge is 0.253 e. The molecule has 1 N–H and O–H groups in total. The molecule has 8 heteroatoms. The van der Waals surface area contributed by atoms with Crippen LogP contribution in [-0.4, -0.2) is 11.2 Å². The highest BCUT2D eigenvalue weighted by Crippen LogP contribution is 2.31. The van der Waals surface area contributed by atoms with E-state index in [0.29, 0.717) is 5.13 Å². The van der Waals surface area contributed by atoms with Gasteiger partial charge in [0.1, 0.15) is 0 Å². The molecule has 23 heavy (non-hydrogen) atoms. The lowest BCUT2D eigenvalue weighted by Gasteiger charge is -2.13. The molecule has 1 aromatic heterocycles. The Morgan fingerprint density at radius 3 is 2.39 bits per heavy atom. The molecule has 1 aromatic carbocycles. The van der Waals surface area contributed by atoms with E-state index in [9.17, 15) is 13.2 Å². The lowest BCUT2D eigenvalue weighted by Crippen LogP contribution is -2.11. The molecule has 0 spiro atoms. The van der Waals surface area contributed by atoms with Gasteiger partial charge in [0.2, 0.25) is 5.13 Å². The summed E-state index contributed by atoms with van der Waals surface area (Å²) < 4.78 is 38.5. The summed E-state index contributed by atoms with van der Waals surface area (Å²) >= 11 is 1.36. The summed E-state index contributed by atoms with van der Waals surface area (Å²) in [6.07, 6.45) is -3.25. The van der Waals surface area contributed by atoms with Crippen LogP contribution in [0.2, 0.25) is 0 Å². The molecular weight excluding hydrogens is 391 g/mol. The Morgan fingerprint density at radius 2 is 1.83 bits per heavy atom. The largest absolute Gasteiger partial charge is 0.417 e. The number of rotatable bonds is 3. The molecule has 2 aromatic rings. The van der Waals surface area contributed by atoms with Gasteiger partial charge in [0.05, 0.1) is 17.5 Å². The number of halogens is 4. The van der Waals surface area contributed by atoms with Crippen molar-refractivity contribution < 1.29 is 13.2 Å². The molecule has 0 atom stereocenters. The van der Waals surface area contributed by atoms with Crippen molar-refractivity contribution in [3.63, 3.8) is 0 Å². The van der Waals surface area contributed by atoms with Crippen LogP contribution < -0.4 is 5.43 Å². The Labute approximate surface area is 147 Å². The van der Waals surface area contributed by atoms with Gasteiger partial charge in [-0.05, 0) is 6.07 Å². The molecule has 2 rings (SSSR count). The zero-order valence-corrected chi connectivity index (χ0v) is 15.3. The molecule has 0 amide bonds. The van der Waals surface area contributed by atoms with Gasteiger partial charge in [-0.2, -0.15) is 18.3 Å². The first-order valence-corrected chi connectivity index (χ1v) is 7.47. The number of nitrogens with zero attached hydrogens (tertiary/aromatic N) is 2. The molecule has 0 saturated carbocycles. The van der Waals surface area contributed by atoms with Crippen LogP contribution in [-0.2, 0) is 11.6 Å². The van der Waals surface area contributed by atoms with Crippen molar-refractivity contribution in [2.24, 2.45) is 5.10 Å². The second-order valence-electron chi connectivity index (χ2n) is 5.74.